The molecule has 1 aliphatic heterocycles. The molecule has 4 heteroatoms. The van der Waals surface area contributed by atoms with Gasteiger partial charge in [0.25, 0.3) is 5.56 Å². The zero-order valence-corrected chi connectivity index (χ0v) is 10.8. The van der Waals surface area contributed by atoms with Crippen LogP contribution in [0.4, 0.5) is 0 Å². The SMILES string of the molecule is O=c1[nH]cnc2c1CN(CCc1ccccc1)CC2. The number of benzene rings is 1. The Kier molecular flexibility index (Phi) is 3.42. The van der Waals surface area contributed by atoms with Gasteiger partial charge in [-0.2, -0.15) is 0 Å². The summed E-state index contributed by atoms with van der Waals surface area (Å²) in [5, 5.41) is 0. The van der Waals surface area contributed by atoms with Crippen molar-refractivity contribution in [3.63, 3.8) is 0 Å². The Labute approximate surface area is 112 Å². The van der Waals surface area contributed by atoms with E-state index < -0.39 is 0 Å². The summed E-state index contributed by atoms with van der Waals surface area (Å²) in [5.74, 6) is 0. The molecule has 2 aromatic rings. The van der Waals surface area contributed by atoms with E-state index in [1.807, 2.05) is 6.07 Å². The van der Waals surface area contributed by atoms with E-state index in [1.165, 1.54) is 11.9 Å². The third-order valence-corrected chi connectivity index (χ3v) is 3.64. The van der Waals surface area contributed by atoms with Crippen molar-refractivity contribution in [2.45, 2.75) is 19.4 Å². The van der Waals surface area contributed by atoms with Crippen molar-refractivity contribution in [1.29, 1.82) is 0 Å². The summed E-state index contributed by atoms with van der Waals surface area (Å²) in [6.07, 6.45) is 3.39. The van der Waals surface area contributed by atoms with Gasteiger partial charge in [-0.25, -0.2) is 4.98 Å². The summed E-state index contributed by atoms with van der Waals surface area (Å²) >= 11 is 0. The maximum atomic E-state index is 11.8. The first-order valence-corrected chi connectivity index (χ1v) is 6.64. The highest BCUT2D eigenvalue weighted by atomic mass is 16.1. The van der Waals surface area contributed by atoms with Gasteiger partial charge in [0.1, 0.15) is 0 Å². The third-order valence-electron chi connectivity index (χ3n) is 3.64. The first kappa shape index (κ1) is 12.1. The van der Waals surface area contributed by atoms with Crippen molar-refractivity contribution in [2.75, 3.05) is 13.1 Å². The molecule has 0 saturated heterocycles. The van der Waals surface area contributed by atoms with Gasteiger partial charge in [0, 0.05) is 26.1 Å². The minimum atomic E-state index is 0.00871. The molecule has 0 bridgehead atoms. The first-order valence-electron chi connectivity index (χ1n) is 6.64. The average Bonchev–Trinajstić information content (AvgIpc) is 2.47. The van der Waals surface area contributed by atoms with Crippen LogP contribution in [0.15, 0.2) is 41.5 Å². The van der Waals surface area contributed by atoms with E-state index in [-0.39, 0.29) is 5.56 Å². The summed E-state index contributed by atoms with van der Waals surface area (Å²) in [5.41, 5.74) is 3.14. The number of nitrogens with one attached hydrogen (secondary N) is 1. The molecule has 0 unspecified atom stereocenters. The number of aromatic nitrogens is 2. The Balaban J connectivity index is 1.66. The van der Waals surface area contributed by atoms with Crippen LogP contribution in [0, 0.1) is 0 Å². The predicted molar refractivity (Wildman–Crippen MR) is 74.0 cm³/mol. The zero-order valence-electron chi connectivity index (χ0n) is 10.8. The average molecular weight is 255 g/mol. The summed E-state index contributed by atoms with van der Waals surface area (Å²) in [6.45, 7) is 2.68. The minimum Gasteiger partial charge on any atom is -0.313 e. The molecule has 2 heterocycles. The van der Waals surface area contributed by atoms with Gasteiger partial charge < -0.3 is 4.98 Å². The summed E-state index contributed by atoms with van der Waals surface area (Å²) in [4.78, 5) is 21.0. The molecule has 1 aliphatic rings. The molecule has 1 N–H and O–H groups in total. The largest absolute Gasteiger partial charge is 0.313 e. The topological polar surface area (TPSA) is 49.0 Å². The monoisotopic (exact) mass is 255 g/mol. The number of rotatable bonds is 3. The number of H-pyrrole nitrogens is 1. The molecule has 0 atom stereocenters. The molecule has 1 aromatic carbocycles. The molecule has 0 spiro atoms. The Hall–Kier alpha value is -1.94. The normalized spacial score (nSPS) is 15.2. The molecular formula is C15H17N3O. The van der Waals surface area contributed by atoms with Crippen LogP contribution in [-0.4, -0.2) is 28.0 Å². The molecule has 98 valence electrons. The molecule has 0 radical (unpaired) electrons. The molecule has 1 aromatic heterocycles. The van der Waals surface area contributed by atoms with Crippen molar-refractivity contribution >= 4 is 0 Å². The highest BCUT2D eigenvalue weighted by Gasteiger charge is 2.19. The van der Waals surface area contributed by atoms with Gasteiger partial charge in [-0.05, 0) is 12.0 Å². The van der Waals surface area contributed by atoms with E-state index in [0.717, 1.165) is 37.2 Å². The Morgan fingerprint density at radius 1 is 1.26 bits per heavy atom. The van der Waals surface area contributed by atoms with Crippen LogP contribution in [0.1, 0.15) is 16.8 Å². The highest BCUT2D eigenvalue weighted by Crippen LogP contribution is 2.13. The first-order chi connectivity index (χ1) is 9.33. The summed E-state index contributed by atoms with van der Waals surface area (Å²) in [6, 6.07) is 10.5. The lowest BCUT2D eigenvalue weighted by Gasteiger charge is -2.27. The van der Waals surface area contributed by atoms with Crippen molar-refractivity contribution in [3.05, 3.63) is 63.8 Å². The van der Waals surface area contributed by atoms with Crippen molar-refractivity contribution in [1.82, 2.24) is 14.9 Å². The lowest BCUT2D eigenvalue weighted by molar-refractivity contribution is 0.253. The second-order valence-electron chi connectivity index (χ2n) is 4.92. The van der Waals surface area contributed by atoms with Crippen LogP contribution < -0.4 is 5.56 Å². The summed E-state index contributed by atoms with van der Waals surface area (Å²) < 4.78 is 0. The molecular weight excluding hydrogens is 238 g/mol. The van der Waals surface area contributed by atoms with E-state index in [9.17, 15) is 4.79 Å². The minimum absolute atomic E-state index is 0.00871. The Morgan fingerprint density at radius 3 is 2.95 bits per heavy atom. The molecule has 3 rings (SSSR count). The lowest BCUT2D eigenvalue weighted by atomic mass is 10.1. The molecule has 0 aliphatic carbocycles. The molecule has 0 fully saturated rings. The fourth-order valence-corrected chi connectivity index (χ4v) is 2.53. The standard InChI is InChI=1S/C15H17N3O/c19-15-13-10-18(9-7-14(13)16-11-17-15)8-6-12-4-2-1-3-5-12/h1-5,11H,6-10H2,(H,16,17,19). The van der Waals surface area contributed by atoms with Crippen LogP contribution in [0.5, 0.6) is 0 Å². The molecule has 0 amide bonds. The third kappa shape index (κ3) is 2.74. The van der Waals surface area contributed by atoms with Crippen LogP contribution in [0.2, 0.25) is 0 Å². The number of hydrogen-bond acceptors (Lipinski definition) is 3. The van der Waals surface area contributed by atoms with Gasteiger partial charge in [-0.1, -0.05) is 30.3 Å². The smallest absolute Gasteiger partial charge is 0.255 e. The molecule has 19 heavy (non-hydrogen) atoms. The number of nitrogens with zero attached hydrogens (tertiary/aromatic N) is 2. The Bertz CT molecular complexity index is 606. The fraction of sp³-hybridized carbons (Fsp3) is 0.333. The number of hydrogen-bond donors (Lipinski definition) is 1. The van der Waals surface area contributed by atoms with E-state index in [0.29, 0.717) is 6.54 Å². The lowest BCUT2D eigenvalue weighted by Crippen LogP contribution is -2.36. The number of fused-ring (bicyclic) bond motifs is 1. The van der Waals surface area contributed by atoms with Gasteiger partial charge in [-0.3, -0.25) is 9.69 Å². The van der Waals surface area contributed by atoms with Gasteiger partial charge in [-0.15, -0.1) is 0 Å². The second-order valence-corrected chi connectivity index (χ2v) is 4.92. The van der Waals surface area contributed by atoms with Crippen LogP contribution in [-0.2, 0) is 19.4 Å². The van der Waals surface area contributed by atoms with Gasteiger partial charge in [0.2, 0.25) is 0 Å². The van der Waals surface area contributed by atoms with E-state index in [4.69, 9.17) is 0 Å². The van der Waals surface area contributed by atoms with E-state index in [2.05, 4.69) is 39.1 Å². The molecule has 4 nitrogen and oxygen atoms in total. The van der Waals surface area contributed by atoms with E-state index >= 15 is 0 Å². The van der Waals surface area contributed by atoms with Gasteiger partial charge in [0.05, 0.1) is 17.6 Å². The van der Waals surface area contributed by atoms with Crippen LogP contribution in [0.25, 0.3) is 0 Å². The van der Waals surface area contributed by atoms with Crippen molar-refractivity contribution < 1.29 is 0 Å². The second kappa shape index (κ2) is 5.36. The quantitative estimate of drug-likeness (QED) is 0.901. The van der Waals surface area contributed by atoms with Gasteiger partial charge >= 0.3 is 0 Å². The van der Waals surface area contributed by atoms with Crippen molar-refractivity contribution in [2.24, 2.45) is 0 Å². The predicted octanol–water partition coefficient (Wildman–Crippen LogP) is 1.37. The van der Waals surface area contributed by atoms with Crippen LogP contribution >= 0.6 is 0 Å². The number of aromatic amines is 1. The van der Waals surface area contributed by atoms with Crippen LogP contribution in [0.3, 0.4) is 0 Å². The zero-order chi connectivity index (χ0) is 13.1. The Morgan fingerprint density at radius 2 is 2.11 bits per heavy atom. The maximum absolute atomic E-state index is 11.8. The fourth-order valence-electron chi connectivity index (χ4n) is 2.53. The molecule has 0 saturated carbocycles. The van der Waals surface area contributed by atoms with E-state index in [1.54, 1.807) is 0 Å². The summed E-state index contributed by atoms with van der Waals surface area (Å²) in [7, 11) is 0. The van der Waals surface area contributed by atoms with Gasteiger partial charge in [0.15, 0.2) is 0 Å². The highest BCUT2D eigenvalue weighted by molar-refractivity contribution is 5.19. The maximum Gasteiger partial charge on any atom is 0.255 e. The van der Waals surface area contributed by atoms with Crippen molar-refractivity contribution in [3.8, 4) is 0 Å².